The third-order valence-electron chi connectivity index (χ3n) is 7.19. The van der Waals surface area contributed by atoms with Gasteiger partial charge in [0, 0.05) is 37.0 Å². The van der Waals surface area contributed by atoms with Gasteiger partial charge in [0.25, 0.3) is 0 Å². The van der Waals surface area contributed by atoms with Gasteiger partial charge >= 0.3 is 5.97 Å². The standard InChI is InChI=1S/C31H35N5O4/c1-21(16-23-10-6-13-32-18-23)34-25-17-26-27(35-30(37)24-12-15-40-20-24)28(31(38)39-2)36(29(26)33-19-25)14-7-11-22-8-4-3-5-9-22/h3-6,8-10,13,17-19,21,24,34H,7,11-12,14-16,20H2,1-2H3,(H,35,37)/t21-,24+/m0/s1. The molecule has 2 N–H and O–H groups in total. The number of rotatable bonds is 11. The summed E-state index contributed by atoms with van der Waals surface area (Å²) < 4.78 is 12.5. The van der Waals surface area contributed by atoms with E-state index < -0.39 is 5.97 Å². The number of carbonyl (C=O) groups excluding carboxylic acids is 2. The third-order valence-corrected chi connectivity index (χ3v) is 7.19. The summed E-state index contributed by atoms with van der Waals surface area (Å²) in [7, 11) is 1.35. The van der Waals surface area contributed by atoms with Gasteiger partial charge < -0.3 is 24.7 Å². The number of hydrogen-bond acceptors (Lipinski definition) is 7. The van der Waals surface area contributed by atoms with Crippen molar-refractivity contribution in [3.05, 3.63) is 83.9 Å². The maximum atomic E-state index is 13.2. The second kappa shape index (κ2) is 12.7. The number of amides is 1. The molecule has 0 unspecified atom stereocenters. The van der Waals surface area contributed by atoms with E-state index >= 15 is 0 Å². The van der Waals surface area contributed by atoms with Crippen LogP contribution in [0.1, 0.15) is 41.4 Å². The number of aryl methyl sites for hydroxylation is 2. The minimum Gasteiger partial charge on any atom is -0.464 e. The van der Waals surface area contributed by atoms with Crippen molar-refractivity contribution in [3.8, 4) is 0 Å². The predicted octanol–water partition coefficient (Wildman–Crippen LogP) is 4.87. The van der Waals surface area contributed by atoms with E-state index in [4.69, 9.17) is 14.5 Å². The SMILES string of the molecule is COC(=O)c1c(NC(=O)[C@@H]2CCOC2)c2cc(N[C@@H](C)Cc3cccnc3)cnc2n1CCCc1ccccc1. The Morgan fingerprint density at radius 1 is 1.15 bits per heavy atom. The first-order chi connectivity index (χ1) is 19.5. The molecule has 4 aromatic rings. The number of anilines is 2. The number of ether oxygens (including phenoxy) is 2. The number of fused-ring (bicyclic) bond motifs is 1. The maximum absolute atomic E-state index is 13.2. The Morgan fingerprint density at radius 3 is 2.70 bits per heavy atom. The second-order valence-corrected chi connectivity index (χ2v) is 10.2. The topological polar surface area (TPSA) is 107 Å². The molecule has 1 amide bonds. The predicted molar refractivity (Wildman–Crippen MR) is 154 cm³/mol. The average Bonchev–Trinajstić information content (AvgIpc) is 3.61. The number of nitrogens with zero attached hydrogens (tertiary/aromatic N) is 3. The quantitative estimate of drug-likeness (QED) is 0.261. The molecule has 2 atom stereocenters. The second-order valence-electron chi connectivity index (χ2n) is 10.2. The van der Waals surface area contributed by atoms with Crippen molar-refractivity contribution in [2.75, 3.05) is 31.0 Å². The van der Waals surface area contributed by atoms with Crippen LogP contribution < -0.4 is 10.6 Å². The van der Waals surface area contributed by atoms with Gasteiger partial charge in [-0.2, -0.15) is 0 Å². The van der Waals surface area contributed by atoms with Crippen LogP contribution in [0, 0.1) is 5.92 Å². The molecular formula is C31H35N5O4. The summed E-state index contributed by atoms with van der Waals surface area (Å²) in [5.41, 5.74) is 4.48. The van der Waals surface area contributed by atoms with Gasteiger partial charge in [0.15, 0.2) is 5.69 Å². The van der Waals surface area contributed by atoms with E-state index in [2.05, 4.69) is 34.7 Å². The van der Waals surface area contributed by atoms with E-state index in [1.807, 2.05) is 47.2 Å². The molecule has 1 saturated heterocycles. The van der Waals surface area contributed by atoms with Gasteiger partial charge in [-0.1, -0.05) is 36.4 Å². The van der Waals surface area contributed by atoms with E-state index in [-0.39, 0.29) is 17.9 Å². The molecule has 9 nitrogen and oxygen atoms in total. The maximum Gasteiger partial charge on any atom is 0.356 e. The lowest BCUT2D eigenvalue weighted by Crippen LogP contribution is -2.24. The minimum absolute atomic E-state index is 0.102. The van der Waals surface area contributed by atoms with E-state index in [0.29, 0.717) is 48.6 Å². The van der Waals surface area contributed by atoms with Gasteiger partial charge in [-0.15, -0.1) is 0 Å². The van der Waals surface area contributed by atoms with Crippen LogP contribution in [-0.4, -0.2) is 52.8 Å². The summed E-state index contributed by atoms with van der Waals surface area (Å²) in [5.74, 6) is -0.958. The zero-order valence-electron chi connectivity index (χ0n) is 22.9. The molecule has 3 aromatic heterocycles. The molecule has 1 aliphatic heterocycles. The lowest BCUT2D eigenvalue weighted by atomic mass is 10.1. The molecule has 40 heavy (non-hydrogen) atoms. The largest absolute Gasteiger partial charge is 0.464 e. The van der Waals surface area contributed by atoms with Crippen LogP contribution in [0.4, 0.5) is 11.4 Å². The molecular weight excluding hydrogens is 506 g/mol. The fourth-order valence-corrected chi connectivity index (χ4v) is 5.22. The molecule has 1 fully saturated rings. The van der Waals surface area contributed by atoms with Crippen LogP contribution in [0.5, 0.6) is 0 Å². The van der Waals surface area contributed by atoms with E-state index in [1.165, 1.54) is 12.7 Å². The van der Waals surface area contributed by atoms with Crippen molar-refractivity contribution < 1.29 is 19.1 Å². The van der Waals surface area contributed by atoms with E-state index in [0.717, 1.165) is 30.5 Å². The van der Waals surface area contributed by atoms with Gasteiger partial charge in [-0.25, -0.2) is 9.78 Å². The number of carbonyl (C=O) groups is 2. The molecule has 1 aliphatic rings. The minimum atomic E-state index is -0.518. The highest BCUT2D eigenvalue weighted by atomic mass is 16.5. The van der Waals surface area contributed by atoms with Crippen molar-refractivity contribution >= 4 is 34.3 Å². The number of pyridine rings is 2. The number of hydrogen-bond donors (Lipinski definition) is 2. The molecule has 208 valence electrons. The molecule has 0 bridgehead atoms. The summed E-state index contributed by atoms with van der Waals surface area (Å²) in [4.78, 5) is 35.3. The summed E-state index contributed by atoms with van der Waals surface area (Å²) in [5, 5.41) is 7.24. The Bertz CT molecular complexity index is 1450. The van der Waals surface area contributed by atoms with Gasteiger partial charge in [0.2, 0.25) is 5.91 Å². The average molecular weight is 542 g/mol. The molecule has 9 heteroatoms. The van der Waals surface area contributed by atoms with Crippen LogP contribution in [0.3, 0.4) is 0 Å². The highest BCUT2D eigenvalue weighted by Gasteiger charge is 2.30. The third kappa shape index (κ3) is 6.31. The first-order valence-electron chi connectivity index (χ1n) is 13.7. The normalized spacial score (nSPS) is 15.6. The first kappa shape index (κ1) is 27.3. The van der Waals surface area contributed by atoms with Crippen LogP contribution in [-0.2, 0) is 33.7 Å². The summed E-state index contributed by atoms with van der Waals surface area (Å²) in [6.07, 6.45) is 8.44. The van der Waals surface area contributed by atoms with Crippen LogP contribution >= 0.6 is 0 Å². The van der Waals surface area contributed by atoms with Gasteiger partial charge in [-0.05, 0) is 55.9 Å². The highest BCUT2D eigenvalue weighted by molar-refractivity contribution is 6.11. The number of benzene rings is 1. The molecule has 0 radical (unpaired) electrons. The van der Waals surface area contributed by atoms with Crippen molar-refractivity contribution in [2.24, 2.45) is 5.92 Å². The Hall–Kier alpha value is -4.24. The monoisotopic (exact) mass is 541 g/mol. The number of aromatic nitrogens is 3. The van der Waals surface area contributed by atoms with Crippen molar-refractivity contribution in [1.82, 2.24) is 14.5 Å². The number of esters is 1. The van der Waals surface area contributed by atoms with Crippen LogP contribution in [0.25, 0.3) is 11.0 Å². The molecule has 4 heterocycles. The van der Waals surface area contributed by atoms with E-state index in [1.54, 1.807) is 12.4 Å². The van der Waals surface area contributed by atoms with Crippen molar-refractivity contribution in [3.63, 3.8) is 0 Å². The fourth-order valence-electron chi connectivity index (χ4n) is 5.22. The molecule has 1 aromatic carbocycles. The first-order valence-corrected chi connectivity index (χ1v) is 13.7. The zero-order chi connectivity index (χ0) is 27.9. The fraction of sp³-hybridized carbons (Fsp3) is 0.355. The Labute approximate surface area is 233 Å². The smallest absolute Gasteiger partial charge is 0.356 e. The Kier molecular flexibility index (Phi) is 8.71. The lowest BCUT2D eigenvalue weighted by molar-refractivity contribution is -0.119. The van der Waals surface area contributed by atoms with E-state index in [9.17, 15) is 9.59 Å². The van der Waals surface area contributed by atoms with Crippen LogP contribution in [0.2, 0.25) is 0 Å². The highest BCUT2D eigenvalue weighted by Crippen LogP contribution is 2.34. The Balaban J connectivity index is 1.48. The summed E-state index contributed by atoms with van der Waals surface area (Å²) >= 11 is 0. The molecule has 0 spiro atoms. The van der Waals surface area contributed by atoms with Gasteiger partial charge in [0.1, 0.15) is 5.65 Å². The zero-order valence-corrected chi connectivity index (χ0v) is 22.9. The number of nitrogens with one attached hydrogen (secondary N) is 2. The van der Waals surface area contributed by atoms with Crippen molar-refractivity contribution in [1.29, 1.82) is 0 Å². The van der Waals surface area contributed by atoms with Crippen molar-refractivity contribution in [2.45, 2.75) is 45.2 Å². The van der Waals surface area contributed by atoms with Gasteiger partial charge in [-0.3, -0.25) is 9.78 Å². The molecule has 0 saturated carbocycles. The molecule has 0 aliphatic carbocycles. The van der Waals surface area contributed by atoms with Gasteiger partial charge in [0.05, 0.1) is 37.2 Å². The Morgan fingerprint density at radius 2 is 1.98 bits per heavy atom. The summed E-state index contributed by atoms with van der Waals surface area (Å²) in [6, 6.07) is 16.2. The molecule has 5 rings (SSSR count). The summed E-state index contributed by atoms with van der Waals surface area (Å²) in [6.45, 7) is 3.55. The van der Waals surface area contributed by atoms with Crippen LogP contribution in [0.15, 0.2) is 67.1 Å². The lowest BCUT2D eigenvalue weighted by Gasteiger charge is -2.15. The number of methoxy groups -OCH3 is 1.